The lowest BCUT2D eigenvalue weighted by atomic mass is 10.1. The van der Waals surface area contributed by atoms with Gasteiger partial charge in [0.15, 0.2) is 0 Å². The molecule has 3 heterocycles. The van der Waals surface area contributed by atoms with Crippen molar-refractivity contribution in [3.8, 4) is 0 Å². The molecule has 0 atom stereocenters. The van der Waals surface area contributed by atoms with Crippen molar-refractivity contribution in [1.82, 2.24) is 15.3 Å². The van der Waals surface area contributed by atoms with Crippen molar-refractivity contribution in [2.75, 3.05) is 23.3 Å². The fraction of sp³-hybridized carbons (Fsp3) is 0.250. The van der Waals surface area contributed by atoms with Gasteiger partial charge in [0.1, 0.15) is 5.82 Å². The fourth-order valence-corrected chi connectivity index (χ4v) is 3.33. The Labute approximate surface area is 164 Å². The van der Waals surface area contributed by atoms with E-state index in [2.05, 4.69) is 20.6 Å². The number of aromatic nitrogens is 2. The molecule has 0 saturated carbocycles. The van der Waals surface area contributed by atoms with Gasteiger partial charge in [-0.05, 0) is 31.2 Å². The van der Waals surface area contributed by atoms with Crippen LogP contribution in [-0.2, 0) is 6.18 Å². The third-order valence-electron chi connectivity index (χ3n) is 4.87. The monoisotopic (exact) mass is 401 g/mol. The molecular formula is C20H18F3N5O. The lowest BCUT2D eigenvalue weighted by Gasteiger charge is -2.40. The number of benzene rings is 1. The van der Waals surface area contributed by atoms with E-state index in [9.17, 15) is 18.0 Å². The number of pyridine rings is 2. The third-order valence-corrected chi connectivity index (χ3v) is 4.87. The van der Waals surface area contributed by atoms with E-state index >= 15 is 0 Å². The number of nitrogens with one attached hydrogen (secondary N) is 2. The molecule has 0 bridgehead atoms. The first-order valence-electron chi connectivity index (χ1n) is 9.01. The summed E-state index contributed by atoms with van der Waals surface area (Å²) in [6.07, 6.45) is -1.58. The lowest BCUT2D eigenvalue weighted by molar-refractivity contribution is -0.137. The van der Waals surface area contributed by atoms with Crippen LogP contribution in [0.4, 0.5) is 29.5 Å². The highest BCUT2D eigenvalue weighted by molar-refractivity contribution is 6.02. The quantitative estimate of drug-likeness (QED) is 0.697. The van der Waals surface area contributed by atoms with Crippen molar-refractivity contribution in [2.24, 2.45) is 0 Å². The number of urea groups is 1. The summed E-state index contributed by atoms with van der Waals surface area (Å²) in [5.41, 5.74) is 0.799. The number of carbonyl (C=O) groups is 1. The zero-order valence-corrected chi connectivity index (χ0v) is 15.5. The molecule has 1 aliphatic rings. The van der Waals surface area contributed by atoms with Crippen molar-refractivity contribution < 1.29 is 18.0 Å². The van der Waals surface area contributed by atoms with Gasteiger partial charge >= 0.3 is 12.2 Å². The van der Waals surface area contributed by atoms with E-state index in [0.717, 1.165) is 34.8 Å². The van der Waals surface area contributed by atoms with Crippen LogP contribution in [0.25, 0.3) is 10.8 Å². The first-order chi connectivity index (χ1) is 13.8. The van der Waals surface area contributed by atoms with E-state index in [1.54, 1.807) is 17.2 Å². The van der Waals surface area contributed by atoms with Gasteiger partial charge in [-0.3, -0.25) is 4.98 Å². The molecule has 2 N–H and O–H groups in total. The summed E-state index contributed by atoms with van der Waals surface area (Å²) in [6.45, 7) is 2.68. The highest BCUT2D eigenvalue weighted by atomic mass is 19.4. The normalized spacial score (nSPS) is 14.6. The predicted molar refractivity (Wildman–Crippen MR) is 104 cm³/mol. The number of alkyl halides is 3. The molecular weight excluding hydrogens is 383 g/mol. The van der Waals surface area contributed by atoms with Crippen LogP contribution in [0, 0.1) is 6.92 Å². The molecule has 4 rings (SSSR count). The van der Waals surface area contributed by atoms with Crippen molar-refractivity contribution in [2.45, 2.75) is 19.1 Å². The molecule has 6 nitrogen and oxygen atoms in total. The molecule has 1 aromatic carbocycles. The molecule has 1 fully saturated rings. The number of carbonyl (C=O) groups excluding carboxylic acids is 1. The Bertz CT molecular complexity index is 1060. The van der Waals surface area contributed by atoms with Gasteiger partial charge in [-0.2, -0.15) is 13.2 Å². The minimum absolute atomic E-state index is 0.176. The van der Waals surface area contributed by atoms with Crippen LogP contribution in [0.3, 0.4) is 0 Å². The SMILES string of the molecule is Cc1nccc2c(NC(=O)NC3CN(c4cc(C(F)(F)F)ccn4)C3)cccc12. The van der Waals surface area contributed by atoms with E-state index in [1.165, 1.54) is 0 Å². The number of nitrogens with zero attached hydrogens (tertiary/aromatic N) is 3. The fourth-order valence-electron chi connectivity index (χ4n) is 3.33. The number of aryl methyl sites for hydroxylation is 1. The van der Waals surface area contributed by atoms with Gasteiger partial charge in [0, 0.05) is 41.9 Å². The second-order valence-electron chi connectivity index (χ2n) is 6.90. The van der Waals surface area contributed by atoms with Gasteiger partial charge in [-0.15, -0.1) is 0 Å². The van der Waals surface area contributed by atoms with Gasteiger partial charge in [0.05, 0.1) is 17.3 Å². The van der Waals surface area contributed by atoms with Crippen LogP contribution in [-0.4, -0.2) is 35.1 Å². The number of hydrogen-bond acceptors (Lipinski definition) is 4. The predicted octanol–water partition coefficient (Wildman–Crippen LogP) is 3.97. The number of amides is 2. The molecule has 29 heavy (non-hydrogen) atoms. The molecule has 2 amide bonds. The Morgan fingerprint density at radius 1 is 1.10 bits per heavy atom. The lowest BCUT2D eigenvalue weighted by Crippen LogP contribution is -2.60. The van der Waals surface area contributed by atoms with Crippen LogP contribution in [0.1, 0.15) is 11.3 Å². The Kier molecular flexibility index (Phi) is 4.73. The van der Waals surface area contributed by atoms with Gasteiger partial charge in [-0.1, -0.05) is 12.1 Å². The number of anilines is 2. The average molecular weight is 401 g/mol. The van der Waals surface area contributed by atoms with Gasteiger partial charge in [-0.25, -0.2) is 9.78 Å². The minimum Gasteiger partial charge on any atom is -0.352 e. The summed E-state index contributed by atoms with van der Waals surface area (Å²) in [4.78, 5) is 22.3. The molecule has 3 aromatic rings. The number of fused-ring (bicyclic) bond motifs is 1. The minimum atomic E-state index is -4.41. The first kappa shape index (κ1) is 19.0. The van der Waals surface area contributed by atoms with Crippen molar-refractivity contribution in [3.05, 3.63) is 60.0 Å². The molecule has 1 aliphatic heterocycles. The Balaban J connectivity index is 1.37. The smallest absolute Gasteiger partial charge is 0.352 e. The topological polar surface area (TPSA) is 70.2 Å². The van der Waals surface area contributed by atoms with E-state index in [1.807, 2.05) is 25.1 Å². The average Bonchev–Trinajstić information content (AvgIpc) is 2.65. The molecule has 150 valence electrons. The Hall–Kier alpha value is -3.36. The summed E-state index contributed by atoms with van der Waals surface area (Å²) < 4.78 is 38.5. The van der Waals surface area contributed by atoms with Crippen molar-refractivity contribution in [3.63, 3.8) is 0 Å². The van der Waals surface area contributed by atoms with Crippen LogP contribution in [0.2, 0.25) is 0 Å². The molecule has 0 unspecified atom stereocenters. The maximum Gasteiger partial charge on any atom is 0.416 e. The largest absolute Gasteiger partial charge is 0.416 e. The summed E-state index contributed by atoms with van der Waals surface area (Å²) in [6, 6.07) is 8.84. The summed E-state index contributed by atoms with van der Waals surface area (Å²) in [7, 11) is 0. The van der Waals surface area contributed by atoms with Crippen LogP contribution in [0.15, 0.2) is 48.8 Å². The summed E-state index contributed by atoms with van der Waals surface area (Å²) >= 11 is 0. The molecule has 0 spiro atoms. The van der Waals surface area contributed by atoms with Crippen molar-refractivity contribution in [1.29, 1.82) is 0 Å². The summed E-state index contributed by atoms with van der Waals surface area (Å²) in [5, 5.41) is 7.51. The molecule has 9 heteroatoms. The number of rotatable bonds is 3. The van der Waals surface area contributed by atoms with Gasteiger partial charge < -0.3 is 15.5 Å². The highest BCUT2D eigenvalue weighted by Crippen LogP contribution is 2.31. The zero-order valence-electron chi connectivity index (χ0n) is 15.5. The summed E-state index contributed by atoms with van der Waals surface area (Å²) in [5.74, 6) is 0.246. The molecule has 1 saturated heterocycles. The zero-order chi connectivity index (χ0) is 20.6. The maximum absolute atomic E-state index is 12.8. The van der Waals surface area contributed by atoms with Gasteiger partial charge in [0.25, 0.3) is 0 Å². The molecule has 0 aliphatic carbocycles. The van der Waals surface area contributed by atoms with Crippen LogP contribution < -0.4 is 15.5 Å². The number of hydrogen-bond donors (Lipinski definition) is 2. The molecule has 2 aromatic heterocycles. The Morgan fingerprint density at radius 3 is 2.62 bits per heavy atom. The van der Waals surface area contributed by atoms with E-state index in [4.69, 9.17) is 0 Å². The molecule has 0 radical (unpaired) electrons. The number of halogens is 3. The van der Waals surface area contributed by atoms with E-state index < -0.39 is 11.7 Å². The first-order valence-corrected chi connectivity index (χ1v) is 9.01. The second kappa shape index (κ2) is 7.23. The Morgan fingerprint density at radius 2 is 1.86 bits per heavy atom. The maximum atomic E-state index is 12.8. The van der Waals surface area contributed by atoms with Crippen LogP contribution >= 0.6 is 0 Å². The van der Waals surface area contributed by atoms with Crippen molar-refractivity contribution >= 4 is 28.3 Å². The standard InChI is InChI=1S/C20H18F3N5O/c1-12-15-3-2-4-17(16(15)6-8-24-12)27-19(29)26-14-10-28(11-14)18-9-13(5-7-25-18)20(21,22)23/h2-9,14H,10-11H2,1H3,(H2,26,27,29). The third kappa shape index (κ3) is 3.94. The second-order valence-corrected chi connectivity index (χ2v) is 6.90. The highest BCUT2D eigenvalue weighted by Gasteiger charge is 2.33. The van der Waals surface area contributed by atoms with Gasteiger partial charge in [0.2, 0.25) is 0 Å². The van der Waals surface area contributed by atoms with Crippen LogP contribution in [0.5, 0.6) is 0 Å². The van der Waals surface area contributed by atoms with E-state index in [-0.39, 0.29) is 17.9 Å². The van der Waals surface area contributed by atoms with E-state index in [0.29, 0.717) is 18.8 Å².